The molecule has 0 radical (unpaired) electrons. The Morgan fingerprint density at radius 2 is 1.79 bits per heavy atom. The fourth-order valence-corrected chi connectivity index (χ4v) is 4.02. The topological polar surface area (TPSA) is 73.0 Å². The number of pyridine rings is 1. The summed E-state index contributed by atoms with van der Waals surface area (Å²) in [5.41, 5.74) is 0.294. The van der Waals surface area contributed by atoms with Crippen molar-refractivity contribution >= 4 is 17.5 Å². The number of hydrogen-bond acceptors (Lipinski definition) is 4. The van der Waals surface area contributed by atoms with Crippen molar-refractivity contribution in [2.24, 2.45) is 0 Å². The van der Waals surface area contributed by atoms with Gasteiger partial charge in [-0.05, 0) is 43.2 Å². The van der Waals surface area contributed by atoms with Crippen LogP contribution < -0.4 is 5.69 Å². The second-order valence-corrected chi connectivity index (χ2v) is 8.03. The van der Waals surface area contributed by atoms with Crippen molar-refractivity contribution in [1.82, 2.24) is 24.2 Å². The Bertz CT molecular complexity index is 1210. The second-order valence-electron chi connectivity index (χ2n) is 7.62. The third-order valence-electron chi connectivity index (χ3n) is 5.41. The fraction of sp³-hybridized carbons (Fsp3) is 0.333. The first kappa shape index (κ1) is 23.0. The lowest BCUT2D eigenvalue weighted by Crippen LogP contribution is -2.42. The molecule has 0 unspecified atom stereocenters. The third kappa shape index (κ3) is 4.92. The van der Waals surface area contributed by atoms with Crippen LogP contribution >= 0.6 is 11.6 Å². The molecule has 33 heavy (non-hydrogen) atoms. The second kappa shape index (κ2) is 8.97. The Morgan fingerprint density at radius 3 is 2.39 bits per heavy atom. The summed E-state index contributed by atoms with van der Waals surface area (Å²) in [6.45, 7) is 0.140. The summed E-state index contributed by atoms with van der Waals surface area (Å²) < 4.78 is 53.6. The van der Waals surface area contributed by atoms with Crippen LogP contribution in [0.2, 0.25) is 5.02 Å². The molecule has 174 valence electrons. The molecular weight excluding hydrogens is 466 g/mol. The first-order valence-electron chi connectivity index (χ1n) is 10.1. The van der Waals surface area contributed by atoms with Crippen LogP contribution in [0.4, 0.5) is 17.6 Å². The van der Waals surface area contributed by atoms with Crippen molar-refractivity contribution in [3.05, 3.63) is 64.0 Å². The number of alkyl halides is 3. The molecule has 1 aromatic carbocycles. The van der Waals surface area contributed by atoms with Gasteiger partial charge in [-0.15, -0.1) is 5.10 Å². The standard InChI is InChI=1S/C21H18ClF4N5O2/c22-17-12-27-8-5-16(17)19-28-31(20(33)30(19)14-3-1-13(23)2-4-14)15-6-9-29(10-7-15)18(32)11-21(24,25)26/h1-5,8,12,15H,6-7,9-11H2. The maximum atomic E-state index is 13.5. The van der Waals surface area contributed by atoms with Crippen LogP contribution in [0, 0.1) is 5.82 Å². The lowest BCUT2D eigenvalue weighted by molar-refractivity contribution is -0.162. The van der Waals surface area contributed by atoms with Gasteiger partial charge in [0.25, 0.3) is 0 Å². The number of likely N-dealkylation sites (tertiary alicyclic amines) is 1. The number of amides is 1. The fourth-order valence-electron chi connectivity index (χ4n) is 3.82. The summed E-state index contributed by atoms with van der Waals surface area (Å²) >= 11 is 6.27. The maximum absolute atomic E-state index is 13.5. The van der Waals surface area contributed by atoms with Gasteiger partial charge in [0.2, 0.25) is 5.91 Å². The Hall–Kier alpha value is -3.21. The number of benzene rings is 1. The first-order valence-corrected chi connectivity index (χ1v) is 10.4. The van der Waals surface area contributed by atoms with Crippen molar-refractivity contribution < 1.29 is 22.4 Å². The van der Waals surface area contributed by atoms with E-state index in [1.807, 2.05) is 0 Å². The molecule has 1 aliphatic heterocycles. The largest absolute Gasteiger partial charge is 0.397 e. The minimum atomic E-state index is -4.57. The Morgan fingerprint density at radius 1 is 1.12 bits per heavy atom. The van der Waals surface area contributed by atoms with Crippen LogP contribution in [0.5, 0.6) is 0 Å². The minimum Gasteiger partial charge on any atom is -0.342 e. The predicted octanol–water partition coefficient (Wildman–Crippen LogP) is 4.00. The van der Waals surface area contributed by atoms with Crippen LogP contribution in [-0.2, 0) is 4.79 Å². The van der Waals surface area contributed by atoms with E-state index in [1.165, 1.54) is 45.9 Å². The number of hydrogen-bond donors (Lipinski definition) is 0. The van der Waals surface area contributed by atoms with E-state index in [9.17, 15) is 27.2 Å². The van der Waals surface area contributed by atoms with Gasteiger partial charge >= 0.3 is 11.9 Å². The predicted molar refractivity (Wildman–Crippen MR) is 112 cm³/mol. The quantitative estimate of drug-likeness (QED) is 0.526. The summed E-state index contributed by atoms with van der Waals surface area (Å²) in [4.78, 5) is 30.3. The molecule has 12 heteroatoms. The van der Waals surface area contributed by atoms with Crippen LogP contribution in [0.15, 0.2) is 47.5 Å². The van der Waals surface area contributed by atoms with Gasteiger partial charge in [0.15, 0.2) is 5.82 Å². The summed E-state index contributed by atoms with van der Waals surface area (Å²) in [5.74, 6) is -1.25. The van der Waals surface area contributed by atoms with Crippen molar-refractivity contribution in [1.29, 1.82) is 0 Å². The molecule has 0 atom stereocenters. The molecule has 4 rings (SSSR count). The molecule has 0 aliphatic carbocycles. The van der Waals surface area contributed by atoms with Crippen molar-refractivity contribution in [3.8, 4) is 17.1 Å². The normalized spacial score (nSPS) is 15.1. The van der Waals surface area contributed by atoms with E-state index in [2.05, 4.69) is 10.1 Å². The number of piperidine rings is 1. The Kier molecular flexibility index (Phi) is 6.24. The van der Waals surface area contributed by atoms with Gasteiger partial charge in [-0.1, -0.05) is 11.6 Å². The smallest absolute Gasteiger partial charge is 0.342 e. The van der Waals surface area contributed by atoms with Gasteiger partial charge in [0.05, 0.1) is 16.8 Å². The number of rotatable bonds is 4. The van der Waals surface area contributed by atoms with Crippen molar-refractivity contribution in [3.63, 3.8) is 0 Å². The van der Waals surface area contributed by atoms with Crippen molar-refractivity contribution in [2.75, 3.05) is 13.1 Å². The van der Waals surface area contributed by atoms with E-state index in [4.69, 9.17) is 11.6 Å². The average Bonchev–Trinajstić information content (AvgIpc) is 3.10. The lowest BCUT2D eigenvalue weighted by Gasteiger charge is -2.31. The van der Waals surface area contributed by atoms with Crippen LogP contribution in [0.25, 0.3) is 17.1 Å². The lowest BCUT2D eigenvalue weighted by atomic mass is 10.0. The van der Waals surface area contributed by atoms with Gasteiger partial charge < -0.3 is 4.90 Å². The van der Waals surface area contributed by atoms with E-state index < -0.39 is 36.1 Å². The summed E-state index contributed by atoms with van der Waals surface area (Å²) in [6, 6.07) is 6.43. The number of aromatic nitrogens is 4. The van der Waals surface area contributed by atoms with Gasteiger partial charge in [0, 0.05) is 31.0 Å². The van der Waals surface area contributed by atoms with Crippen molar-refractivity contribution in [2.45, 2.75) is 31.5 Å². The summed E-state index contributed by atoms with van der Waals surface area (Å²) in [7, 11) is 0. The summed E-state index contributed by atoms with van der Waals surface area (Å²) in [6.07, 6.45) is -2.68. The average molecular weight is 484 g/mol. The Labute approximate surface area is 190 Å². The number of nitrogens with zero attached hydrogens (tertiary/aromatic N) is 5. The van der Waals surface area contributed by atoms with Crippen LogP contribution in [0.3, 0.4) is 0 Å². The van der Waals surface area contributed by atoms with Crippen LogP contribution in [0.1, 0.15) is 25.3 Å². The first-order chi connectivity index (χ1) is 15.6. The number of carbonyl (C=O) groups is 1. The highest BCUT2D eigenvalue weighted by atomic mass is 35.5. The molecule has 1 saturated heterocycles. The molecule has 3 heterocycles. The molecule has 7 nitrogen and oxygen atoms in total. The molecule has 1 aliphatic rings. The zero-order valence-corrected chi connectivity index (χ0v) is 17.9. The van der Waals surface area contributed by atoms with E-state index in [0.29, 0.717) is 11.3 Å². The maximum Gasteiger partial charge on any atom is 0.397 e. The van der Waals surface area contributed by atoms with E-state index in [-0.39, 0.29) is 36.8 Å². The molecule has 3 aromatic rings. The van der Waals surface area contributed by atoms with E-state index >= 15 is 0 Å². The molecule has 0 spiro atoms. The minimum absolute atomic E-state index is 0.0702. The molecule has 2 aromatic heterocycles. The van der Waals surface area contributed by atoms with E-state index in [0.717, 1.165) is 4.90 Å². The highest BCUT2D eigenvalue weighted by Crippen LogP contribution is 2.29. The molecule has 0 N–H and O–H groups in total. The van der Waals surface area contributed by atoms with Gasteiger partial charge in [-0.3, -0.25) is 9.78 Å². The van der Waals surface area contributed by atoms with E-state index in [1.54, 1.807) is 6.07 Å². The monoisotopic (exact) mass is 483 g/mol. The molecule has 1 amide bonds. The van der Waals surface area contributed by atoms with Gasteiger partial charge in [0.1, 0.15) is 12.2 Å². The molecule has 0 saturated carbocycles. The van der Waals surface area contributed by atoms with Crippen LogP contribution in [-0.4, -0.2) is 49.4 Å². The highest BCUT2D eigenvalue weighted by Gasteiger charge is 2.35. The SMILES string of the molecule is O=C(CC(F)(F)F)N1CCC(n2nc(-c3ccncc3Cl)n(-c3ccc(F)cc3)c2=O)CC1. The van der Waals surface area contributed by atoms with Gasteiger partial charge in [-0.25, -0.2) is 18.4 Å². The number of carbonyl (C=O) groups excluding carboxylic acids is 1. The molecule has 1 fully saturated rings. The zero-order chi connectivity index (χ0) is 23.8. The molecule has 0 bridgehead atoms. The third-order valence-corrected chi connectivity index (χ3v) is 5.72. The highest BCUT2D eigenvalue weighted by molar-refractivity contribution is 6.33. The van der Waals surface area contributed by atoms with Gasteiger partial charge in [-0.2, -0.15) is 13.2 Å². The summed E-state index contributed by atoms with van der Waals surface area (Å²) in [5, 5.41) is 4.73. The number of halogens is 5. The Balaban J connectivity index is 1.67. The zero-order valence-electron chi connectivity index (χ0n) is 17.1. The molecular formula is C21H18ClF4N5O2.